The van der Waals surface area contributed by atoms with Crippen molar-refractivity contribution in [3.63, 3.8) is 0 Å². The van der Waals surface area contributed by atoms with Crippen molar-refractivity contribution in [2.45, 2.75) is 25.5 Å². The Bertz CT molecular complexity index is 617. The molecule has 0 aliphatic carbocycles. The number of halogens is 1. The molecule has 23 heavy (non-hydrogen) atoms. The number of hydrogen-bond donors (Lipinski definition) is 3. The van der Waals surface area contributed by atoms with Crippen molar-refractivity contribution in [2.24, 2.45) is 5.41 Å². The highest BCUT2D eigenvalue weighted by Gasteiger charge is 2.42. The van der Waals surface area contributed by atoms with E-state index in [0.29, 0.717) is 25.9 Å². The number of likely N-dealkylation sites (tertiary alicyclic amines) is 1. The standard InChI is InChI=1S/C17H22FN3O2/c18-14-3-1-13(2-4-14)7-17(11-22)10-21(6-5-16(17)23)9-15-8-19-12-20-15/h1-4,8,12,16,22-23H,5-7,9-11H2,(H,19,20)/t16-,17-/m0/s1. The van der Waals surface area contributed by atoms with Gasteiger partial charge in [0.05, 0.1) is 19.0 Å². The average molecular weight is 319 g/mol. The Hall–Kier alpha value is -1.76. The smallest absolute Gasteiger partial charge is 0.123 e. The first-order valence-corrected chi connectivity index (χ1v) is 7.84. The lowest BCUT2D eigenvalue weighted by Gasteiger charge is -2.45. The molecule has 0 unspecified atom stereocenters. The summed E-state index contributed by atoms with van der Waals surface area (Å²) in [6.07, 6.45) is 3.98. The summed E-state index contributed by atoms with van der Waals surface area (Å²) in [7, 11) is 0. The quantitative estimate of drug-likeness (QED) is 0.778. The van der Waals surface area contributed by atoms with Crippen LogP contribution in [0.2, 0.25) is 0 Å². The van der Waals surface area contributed by atoms with E-state index < -0.39 is 11.5 Å². The van der Waals surface area contributed by atoms with Crippen molar-refractivity contribution < 1.29 is 14.6 Å². The van der Waals surface area contributed by atoms with Gasteiger partial charge >= 0.3 is 0 Å². The Morgan fingerprint density at radius 2 is 2.13 bits per heavy atom. The third kappa shape index (κ3) is 3.60. The Labute approximate surface area is 134 Å². The van der Waals surface area contributed by atoms with Crippen molar-refractivity contribution in [3.8, 4) is 0 Å². The number of aromatic nitrogens is 2. The van der Waals surface area contributed by atoms with Crippen molar-refractivity contribution in [3.05, 3.63) is 53.9 Å². The second kappa shape index (κ2) is 6.78. The summed E-state index contributed by atoms with van der Waals surface area (Å²) in [5.74, 6) is -0.281. The van der Waals surface area contributed by atoms with Crippen molar-refractivity contribution in [2.75, 3.05) is 19.7 Å². The molecule has 0 bridgehead atoms. The number of hydrogen-bond acceptors (Lipinski definition) is 4. The van der Waals surface area contributed by atoms with Crippen LogP contribution < -0.4 is 0 Å². The largest absolute Gasteiger partial charge is 0.396 e. The molecule has 124 valence electrons. The number of aromatic amines is 1. The van der Waals surface area contributed by atoms with Crippen LogP contribution in [-0.4, -0.2) is 50.9 Å². The molecular formula is C17H22FN3O2. The molecule has 0 amide bonds. The summed E-state index contributed by atoms with van der Waals surface area (Å²) in [4.78, 5) is 9.30. The average Bonchev–Trinajstić information content (AvgIpc) is 3.06. The van der Waals surface area contributed by atoms with E-state index in [1.54, 1.807) is 24.7 Å². The summed E-state index contributed by atoms with van der Waals surface area (Å²) < 4.78 is 13.1. The zero-order chi connectivity index (χ0) is 16.3. The highest BCUT2D eigenvalue weighted by atomic mass is 19.1. The second-order valence-corrected chi connectivity index (χ2v) is 6.42. The van der Waals surface area contributed by atoms with E-state index in [0.717, 1.165) is 17.8 Å². The normalized spacial score (nSPS) is 25.6. The summed E-state index contributed by atoms with van der Waals surface area (Å²) in [5, 5.41) is 20.5. The molecule has 1 aliphatic rings. The van der Waals surface area contributed by atoms with Crippen LogP contribution in [0.1, 0.15) is 17.7 Å². The van der Waals surface area contributed by atoms with E-state index in [1.807, 2.05) is 0 Å². The van der Waals surface area contributed by atoms with Crippen LogP contribution in [-0.2, 0) is 13.0 Å². The molecule has 0 saturated carbocycles. The summed E-state index contributed by atoms with van der Waals surface area (Å²) in [5.41, 5.74) is 1.30. The highest BCUT2D eigenvalue weighted by Crippen LogP contribution is 2.34. The predicted molar refractivity (Wildman–Crippen MR) is 84.1 cm³/mol. The number of H-pyrrole nitrogens is 1. The minimum atomic E-state index is -0.629. The lowest BCUT2D eigenvalue weighted by molar-refractivity contribution is -0.0770. The molecular weight excluding hydrogens is 297 g/mol. The molecule has 1 saturated heterocycles. The van der Waals surface area contributed by atoms with Gasteiger partial charge in [-0.3, -0.25) is 4.90 Å². The maximum atomic E-state index is 13.1. The van der Waals surface area contributed by atoms with Crippen molar-refractivity contribution in [1.29, 1.82) is 0 Å². The predicted octanol–water partition coefficient (Wildman–Crippen LogP) is 1.34. The van der Waals surface area contributed by atoms with E-state index in [9.17, 15) is 14.6 Å². The summed E-state index contributed by atoms with van der Waals surface area (Å²) >= 11 is 0. The molecule has 0 spiro atoms. The first-order chi connectivity index (χ1) is 11.1. The van der Waals surface area contributed by atoms with Gasteiger partial charge in [-0.2, -0.15) is 0 Å². The monoisotopic (exact) mass is 319 g/mol. The van der Waals surface area contributed by atoms with Gasteiger partial charge in [0, 0.05) is 36.9 Å². The van der Waals surface area contributed by atoms with E-state index in [-0.39, 0.29) is 12.4 Å². The molecule has 2 aromatic rings. The molecule has 5 nitrogen and oxygen atoms in total. The second-order valence-electron chi connectivity index (χ2n) is 6.42. The Kier molecular flexibility index (Phi) is 4.75. The molecule has 6 heteroatoms. The molecule has 1 aromatic carbocycles. The van der Waals surface area contributed by atoms with Gasteiger partial charge < -0.3 is 15.2 Å². The summed E-state index contributed by atoms with van der Waals surface area (Å²) in [6, 6.07) is 6.26. The molecule has 1 aliphatic heterocycles. The van der Waals surface area contributed by atoms with Gasteiger partial charge in [0.25, 0.3) is 0 Å². The van der Waals surface area contributed by atoms with Crippen molar-refractivity contribution in [1.82, 2.24) is 14.9 Å². The van der Waals surface area contributed by atoms with Gasteiger partial charge in [-0.1, -0.05) is 12.1 Å². The van der Waals surface area contributed by atoms with Gasteiger partial charge in [-0.15, -0.1) is 0 Å². The molecule has 3 rings (SSSR count). The topological polar surface area (TPSA) is 72.4 Å². The number of aliphatic hydroxyl groups excluding tert-OH is 2. The van der Waals surface area contributed by atoms with Crippen LogP contribution in [0.4, 0.5) is 4.39 Å². The number of imidazole rings is 1. The lowest BCUT2D eigenvalue weighted by atomic mass is 9.73. The van der Waals surface area contributed by atoms with Crippen molar-refractivity contribution >= 4 is 0 Å². The highest BCUT2D eigenvalue weighted by molar-refractivity contribution is 5.19. The number of piperidine rings is 1. The first-order valence-electron chi connectivity index (χ1n) is 7.84. The fraction of sp³-hybridized carbons (Fsp3) is 0.471. The van der Waals surface area contributed by atoms with Gasteiger partial charge in [-0.25, -0.2) is 9.37 Å². The maximum absolute atomic E-state index is 13.1. The van der Waals surface area contributed by atoms with Gasteiger partial charge in [0.15, 0.2) is 0 Å². The third-order valence-corrected chi connectivity index (χ3v) is 4.70. The van der Waals surface area contributed by atoms with Gasteiger partial charge in [-0.05, 0) is 30.5 Å². The fourth-order valence-electron chi connectivity index (χ4n) is 3.38. The van der Waals surface area contributed by atoms with Crippen LogP contribution >= 0.6 is 0 Å². The van der Waals surface area contributed by atoms with Crippen LogP contribution in [0.3, 0.4) is 0 Å². The van der Waals surface area contributed by atoms with Crippen LogP contribution in [0.25, 0.3) is 0 Å². The minimum absolute atomic E-state index is 0.106. The van der Waals surface area contributed by atoms with Crippen LogP contribution in [0, 0.1) is 11.2 Å². The molecule has 3 N–H and O–H groups in total. The Morgan fingerprint density at radius 3 is 2.78 bits per heavy atom. The zero-order valence-corrected chi connectivity index (χ0v) is 13.0. The zero-order valence-electron chi connectivity index (χ0n) is 13.0. The SMILES string of the molecule is OC[C@]1(Cc2ccc(F)cc2)CN(Cc2cnc[nH]2)CC[C@@H]1O. The first kappa shape index (κ1) is 16.1. The lowest BCUT2D eigenvalue weighted by Crippen LogP contribution is -2.54. The molecule has 1 fully saturated rings. The van der Waals surface area contributed by atoms with E-state index in [2.05, 4.69) is 14.9 Å². The third-order valence-electron chi connectivity index (χ3n) is 4.70. The number of nitrogens with zero attached hydrogens (tertiary/aromatic N) is 2. The number of aliphatic hydroxyl groups is 2. The Morgan fingerprint density at radius 1 is 1.35 bits per heavy atom. The van der Waals surface area contributed by atoms with Crippen LogP contribution in [0.15, 0.2) is 36.8 Å². The van der Waals surface area contributed by atoms with Gasteiger partial charge in [0.1, 0.15) is 5.82 Å². The number of benzene rings is 1. The molecule has 0 radical (unpaired) electrons. The van der Waals surface area contributed by atoms with E-state index >= 15 is 0 Å². The van der Waals surface area contributed by atoms with Gasteiger partial charge in [0.2, 0.25) is 0 Å². The molecule has 2 atom stereocenters. The summed E-state index contributed by atoms with van der Waals surface area (Å²) in [6.45, 7) is 1.95. The van der Waals surface area contributed by atoms with Crippen LogP contribution in [0.5, 0.6) is 0 Å². The Balaban J connectivity index is 1.75. The molecule has 1 aromatic heterocycles. The minimum Gasteiger partial charge on any atom is -0.396 e. The maximum Gasteiger partial charge on any atom is 0.123 e. The fourth-order valence-corrected chi connectivity index (χ4v) is 3.38. The number of nitrogens with one attached hydrogen (secondary N) is 1. The molecule has 2 heterocycles. The van der Waals surface area contributed by atoms with E-state index in [4.69, 9.17) is 0 Å². The number of rotatable bonds is 5. The van der Waals surface area contributed by atoms with E-state index in [1.165, 1.54) is 12.1 Å².